The molecule has 1 heterocycles. The molecule has 0 saturated heterocycles. The Labute approximate surface area is 149 Å². The van der Waals surface area contributed by atoms with Gasteiger partial charge in [0.05, 0.1) is 5.56 Å². The molecule has 3 aromatic rings. The molecule has 0 aliphatic rings. The topological polar surface area (TPSA) is 104 Å². The lowest BCUT2D eigenvalue weighted by atomic mass is 10.2. The molecule has 0 aliphatic carbocycles. The molecule has 4 N–H and O–H groups in total. The van der Waals surface area contributed by atoms with Crippen LogP contribution in [0.4, 0.5) is 4.79 Å². The maximum absolute atomic E-state index is 12.3. The molecule has 0 radical (unpaired) electrons. The molecule has 8 nitrogen and oxygen atoms in total. The Hall–Kier alpha value is -3.81. The summed E-state index contributed by atoms with van der Waals surface area (Å²) in [7, 11) is 1.83. The number of para-hydroxylation sites is 1. The lowest BCUT2D eigenvalue weighted by Gasteiger charge is -2.09. The average molecular weight is 351 g/mol. The van der Waals surface area contributed by atoms with E-state index >= 15 is 0 Å². The molecule has 26 heavy (non-hydrogen) atoms. The van der Waals surface area contributed by atoms with Crippen molar-refractivity contribution in [3.05, 3.63) is 71.9 Å². The van der Waals surface area contributed by atoms with Crippen LogP contribution in [-0.2, 0) is 7.05 Å². The van der Waals surface area contributed by atoms with E-state index in [1.54, 1.807) is 36.5 Å². The SMILES string of the molecule is Cn1cc(C(=O)NNC(=O)NNC(=O)c2ccccc2)c2ccccc21. The minimum Gasteiger partial charge on any atom is -0.350 e. The molecule has 8 heteroatoms. The van der Waals surface area contributed by atoms with E-state index in [2.05, 4.69) is 21.7 Å². The Morgan fingerprint density at radius 1 is 0.769 bits per heavy atom. The normalized spacial score (nSPS) is 10.2. The third-order valence-electron chi connectivity index (χ3n) is 3.76. The lowest BCUT2D eigenvalue weighted by Crippen LogP contribution is -2.52. The summed E-state index contributed by atoms with van der Waals surface area (Å²) in [5, 5.41) is 0.770. The fourth-order valence-corrected chi connectivity index (χ4v) is 2.51. The van der Waals surface area contributed by atoms with Gasteiger partial charge in [-0.05, 0) is 18.2 Å². The number of amides is 4. The van der Waals surface area contributed by atoms with Gasteiger partial charge in [0.1, 0.15) is 0 Å². The molecule has 0 aliphatic heterocycles. The number of aryl methyl sites for hydroxylation is 1. The van der Waals surface area contributed by atoms with Crippen molar-refractivity contribution in [1.82, 2.24) is 26.3 Å². The van der Waals surface area contributed by atoms with E-state index in [0.29, 0.717) is 11.1 Å². The standard InChI is InChI=1S/C18H17N5O3/c1-23-11-14(13-9-5-6-10-15(13)23)17(25)20-22-18(26)21-19-16(24)12-7-3-2-4-8-12/h2-11H,1H3,(H,19,24)(H,20,25)(H2,21,22,26). The van der Waals surface area contributed by atoms with Crippen molar-refractivity contribution in [1.29, 1.82) is 0 Å². The van der Waals surface area contributed by atoms with Gasteiger partial charge in [0, 0.05) is 29.7 Å². The van der Waals surface area contributed by atoms with Gasteiger partial charge in [-0.15, -0.1) is 0 Å². The van der Waals surface area contributed by atoms with E-state index in [1.807, 2.05) is 35.9 Å². The van der Waals surface area contributed by atoms with Crippen LogP contribution in [0.5, 0.6) is 0 Å². The van der Waals surface area contributed by atoms with Gasteiger partial charge in [0.2, 0.25) is 0 Å². The van der Waals surface area contributed by atoms with Crippen molar-refractivity contribution >= 4 is 28.7 Å². The third-order valence-corrected chi connectivity index (χ3v) is 3.76. The zero-order valence-corrected chi connectivity index (χ0v) is 13.9. The summed E-state index contributed by atoms with van der Waals surface area (Å²) in [6, 6.07) is 15.1. The van der Waals surface area contributed by atoms with Crippen LogP contribution in [0, 0.1) is 0 Å². The van der Waals surface area contributed by atoms with Gasteiger partial charge in [-0.2, -0.15) is 0 Å². The van der Waals surface area contributed by atoms with E-state index in [4.69, 9.17) is 0 Å². The third kappa shape index (κ3) is 3.64. The molecule has 0 saturated carbocycles. The number of nitrogens with zero attached hydrogens (tertiary/aromatic N) is 1. The van der Waals surface area contributed by atoms with Gasteiger partial charge >= 0.3 is 6.03 Å². The summed E-state index contributed by atoms with van der Waals surface area (Å²) in [6.07, 6.45) is 1.68. The van der Waals surface area contributed by atoms with E-state index in [0.717, 1.165) is 10.9 Å². The van der Waals surface area contributed by atoms with Gasteiger partial charge in [-0.25, -0.2) is 15.6 Å². The van der Waals surface area contributed by atoms with Crippen molar-refractivity contribution in [3.8, 4) is 0 Å². The highest BCUT2D eigenvalue weighted by molar-refractivity contribution is 6.07. The highest BCUT2D eigenvalue weighted by Gasteiger charge is 2.14. The van der Waals surface area contributed by atoms with E-state index < -0.39 is 17.8 Å². The maximum Gasteiger partial charge on any atom is 0.352 e. The fourth-order valence-electron chi connectivity index (χ4n) is 2.51. The number of urea groups is 1. The molecule has 0 atom stereocenters. The Balaban J connectivity index is 1.54. The summed E-state index contributed by atoms with van der Waals surface area (Å²) >= 11 is 0. The number of fused-ring (bicyclic) bond motifs is 1. The second-order valence-electron chi connectivity index (χ2n) is 5.52. The first-order valence-electron chi connectivity index (χ1n) is 7.82. The predicted molar refractivity (Wildman–Crippen MR) is 96.0 cm³/mol. The molecular formula is C18H17N5O3. The van der Waals surface area contributed by atoms with Crippen LogP contribution in [0.15, 0.2) is 60.8 Å². The van der Waals surface area contributed by atoms with E-state index in [-0.39, 0.29) is 0 Å². The van der Waals surface area contributed by atoms with Crippen LogP contribution in [0.2, 0.25) is 0 Å². The highest BCUT2D eigenvalue weighted by atomic mass is 16.2. The highest BCUT2D eigenvalue weighted by Crippen LogP contribution is 2.19. The van der Waals surface area contributed by atoms with Crippen molar-refractivity contribution in [2.24, 2.45) is 7.05 Å². The molecule has 0 fully saturated rings. The first-order valence-corrected chi connectivity index (χ1v) is 7.82. The molecule has 132 valence electrons. The van der Waals surface area contributed by atoms with Gasteiger partial charge in [0.25, 0.3) is 11.8 Å². The van der Waals surface area contributed by atoms with Crippen molar-refractivity contribution in [2.45, 2.75) is 0 Å². The number of hydrazine groups is 2. The quantitative estimate of drug-likeness (QED) is 0.526. The molecule has 2 aromatic carbocycles. The molecule has 1 aromatic heterocycles. The number of aromatic nitrogens is 1. The number of rotatable bonds is 2. The summed E-state index contributed by atoms with van der Waals surface area (Å²) < 4.78 is 1.82. The molecule has 0 unspecified atom stereocenters. The van der Waals surface area contributed by atoms with E-state index in [9.17, 15) is 14.4 Å². The summed E-state index contributed by atoms with van der Waals surface area (Å²) in [5.41, 5.74) is 10.6. The summed E-state index contributed by atoms with van der Waals surface area (Å²) in [4.78, 5) is 35.8. The average Bonchev–Trinajstić information content (AvgIpc) is 3.02. The molecule has 3 rings (SSSR count). The summed E-state index contributed by atoms with van der Waals surface area (Å²) in [5.74, 6) is -0.938. The van der Waals surface area contributed by atoms with E-state index in [1.165, 1.54) is 0 Å². The molecule has 4 amide bonds. The number of benzene rings is 2. The first-order chi connectivity index (χ1) is 12.6. The largest absolute Gasteiger partial charge is 0.352 e. The van der Waals surface area contributed by atoms with Gasteiger partial charge in [-0.1, -0.05) is 36.4 Å². The van der Waals surface area contributed by atoms with Gasteiger partial charge < -0.3 is 4.57 Å². The van der Waals surface area contributed by atoms with Crippen LogP contribution in [0.25, 0.3) is 10.9 Å². The minimum absolute atomic E-state index is 0.396. The zero-order chi connectivity index (χ0) is 18.5. The van der Waals surface area contributed by atoms with Crippen LogP contribution in [0.1, 0.15) is 20.7 Å². The summed E-state index contributed by atoms with van der Waals surface area (Å²) in [6.45, 7) is 0. The van der Waals surface area contributed by atoms with Gasteiger partial charge in [0.15, 0.2) is 0 Å². The van der Waals surface area contributed by atoms with Crippen LogP contribution >= 0.6 is 0 Å². The Bertz CT molecular complexity index is 965. The first kappa shape index (κ1) is 17.0. The minimum atomic E-state index is -0.775. The number of carbonyl (C=O) groups excluding carboxylic acids is 3. The van der Waals surface area contributed by atoms with Crippen LogP contribution in [0.3, 0.4) is 0 Å². The van der Waals surface area contributed by atoms with Crippen molar-refractivity contribution in [3.63, 3.8) is 0 Å². The van der Waals surface area contributed by atoms with Crippen LogP contribution < -0.4 is 21.7 Å². The maximum atomic E-state index is 12.3. The molecule has 0 spiro atoms. The van der Waals surface area contributed by atoms with Crippen LogP contribution in [-0.4, -0.2) is 22.4 Å². The number of hydrogen-bond donors (Lipinski definition) is 4. The smallest absolute Gasteiger partial charge is 0.350 e. The van der Waals surface area contributed by atoms with Crippen molar-refractivity contribution < 1.29 is 14.4 Å². The molecular weight excluding hydrogens is 334 g/mol. The lowest BCUT2D eigenvalue weighted by molar-refractivity contribution is 0.0929. The van der Waals surface area contributed by atoms with Crippen molar-refractivity contribution in [2.75, 3.05) is 0 Å². The number of nitrogens with one attached hydrogen (secondary N) is 4. The number of carbonyl (C=O) groups is 3. The Morgan fingerprint density at radius 3 is 2.12 bits per heavy atom. The number of hydrogen-bond acceptors (Lipinski definition) is 3. The van der Waals surface area contributed by atoms with Gasteiger partial charge in [-0.3, -0.25) is 20.4 Å². The zero-order valence-electron chi connectivity index (χ0n) is 13.9. The molecule has 0 bridgehead atoms. The fraction of sp³-hybridized carbons (Fsp3) is 0.0556. The Morgan fingerprint density at radius 2 is 1.38 bits per heavy atom. The second kappa shape index (κ2) is 7.39. The monoisotopic (exact) mass is 351 g/mol. The second-order valence-corrected chi connectivity index (χ2v) is 5.52. The predicted octanol–water partition coefficient (Wildman–Crippen LogP) is 1.47. The Kier molecular flexibility index (Phi) is 4.84.